The van der Waals surface area contributed by atoms with Gasteiger partial charge < -0.3 is 47.7 Å². The second kappa shape index (κ2) is 14.3. The number of aliphatic hydroxyl groups excluding tert-OH is 1. The maximum absolute atomic E-state index is 11.9. The molecule has 0 bridgehead atoms. The topological polar surface area (TPSA) is 206 Å². The Labute approximate surface area is 229 Å². The number of hydrogen-bond acceptors (Lipinski definition) is 16. The second-order valence-electron chi connectivity index (χ2n) is 9.05. The monoisotopic (exact) mass is 578 g/mol. The Hall–Kier alpha value is -3.34. The van der Waals surface area contributed by atoms with E-state index in [1.807, 2.05) is 0 Å². The van der Waals surface area contributed by atoms with Gasteiger partial charge in [-0.05, 0) is 6.92 Å². The van der Waals surface area contributed by atoms with Gasteiger partial charge in [-0.3, -0.25) is 28.8 Å². The number of hydrogen-bond donors (Lipinski definition) is 1. The lowest BCUT2D eigenvalue weighted by atomic mass is 9.97. The molecule has 2 heterocycles. The molecule has 16 heteroatoms. The third kappa shape index (κ3) is 9.11. The van der Waals surface area contributed by atoms with Gasteiger partial charge in [-0.15, -0.1) is 0 Å². The van der Waals surface area contributed by atoms with Crippen LogP contribution in [-0.2, 0) is 71.4 Å². The summed E-state index contributed by atoms with van der Waals surface area (Å²) in [5.41, 5.74) is 0. The van der Waals surface area contributed by atoms with Gasteiger partial charge in [0.2, 0.25) is 0 Å². The van der Waals surface area contributed by atoms with Crippen LogP contribution in [0, 0.1) is 0 Å². The zero-order valence-corrected chi connectivity index (χ0v) is 23.1. The van der Waals surface area contributed by atoms with E-state index < -0.39 is 104 Å². The summed E-state index contributed by atoms with van der Waals surface area (Å²) >= 11 is 0. The summed E-state index contributed by atoms with van der Waals surface area (Å²) in [6, 6.07) is 0. The van der Waals surface area contributed by atoms with Gasteiger partial charge in [0, 0.05) is 41.5 Å². The van der Waals surface area contributed by atoms with Crippen LogP contribution in [0.2, 0.25) is 0 Å². The van der Waals surface area contributed by atoms with Crippen molar-refractivity contribution in [1.29, 1.82) is 0 Å². The minimum atomic E-state index is -1.84. The lowest BCUT2D eigenvalue weighted by Gasteiger charge is -2.45. The van der Waals surface area contributed by atoms with Gasteiger partial charge in [0.15, 0.2) is 49.2 Å². The standard InChI is InChI=1S/C24H34O16/c1-9-17(34-10(2)25)19(36-12(4)27)22(39-15(7)30)24(33-9)32-8-16-18(35-11(3)26)20(37-13(5)28)21(23(31)40-16)38-14(6)29/h9,16-24,31H,8H2,1-7H3/t9-,16?,17?,18-,19?,20-,21?,22+,23+,24?/m0/s1. The lowest BCUT2D eigenvalue weighted by molar-refractivity contribution is -0.326. The van der Waals surface area contributed by atoms with Crippen molar-refractivity contribution in [2.24, 2.45) is 0 Å². The molecule has 0 aromatic rings. The maximum Gasteiger partial charge on any atom is 0.303 e. The summed E-state index contributed by atoms with van der Waals surface area (Å²) in [6.45, 7) is 7.43. The third-order valence-electron chi connectivity index (χ3n) is 5.57. The zero-order valence-electron chi connectivity index (χ0n) is 23.1. The molecular weight excluding hydrogens is 544 g/mol. The minimum Gasteiger partial charge on any atom is -0.456 e. The highest BCUT2D eigenvalue weighted by Gasteiger charge is 2.54. The molecule has 5 unspecified atom stereocenters. The van der Waals surface area contributed by atoms with Crippen molar-refractivity contribution in [3.8, 4) is 0 Å². The van der Waals surface area contributed by atoms with Crippen LogP contribution in [0.15, 0.2) is 0 Å². The van der Waals surface area contributed by atoms with Crippen molar-refractivity contribution in [3.05, 3.63) is 0 Å². The summed E-state index contributed by atoms with van der Waals surface area (Å²) in [7, 11) is 0. The predicted molar refractivity (Wildman–Crippen MR) is 124 cm³/mol. The molecule has 2 saturated heterocycles. The van der Waals surface area contributed by atoms with E-state index in [-0.39, 0.29) is 0 Å². The zero-order chi connectivity index (χ0) is 30.3. The van der Waals surface area contributed by atoms with Gasteiger partial charge in [-0.1, -0.05) is 0 Å². The Morgan fingerprint density at radius 2 is 0.925 bits per heavy atom. The van der Waals surface area contributed by atoms with Crippen LogP contribution in [0.4, 0.5) is 0 Å². The largest absolute Gasteiger partial charge is 0.456 e. The molecular formula is C24H34O16. The van der Waals surface area contributed by atoms with E-state index in [0.29, 0.717) is 0 Å². The van der Waals surface area contributed by atoms with Crippen molar-refractivity contribution >= 4 is 35.8 Å². The highest BCUT2D eigenvalue weighted by atomic mass is 16.7. The van der Waals surface area contributed by atoms with Crippen molar-refractivity contribution in [2.75, 3.05) is 6.61 Å². The van der Waals surface area contributed by atoms with Crippen molar-refractivity contribution in [3.63, 3.8) is 0 Å². The maximum atomic E-state index is 11.9. The van der Waals surface area contributed by atoms with Gasteiger partial charge in [0.25, 0.3) is 0 Å². The summed E-state index contributed by atoms with van der Waals surface area (Å²) in [5.74, 6) is -4.81. The Balaban J connectivity index is 2.38. The molecule has 10 atom stereocenters. The number of carbonyl (C=O) groups excluding carboxylic acids is 6. The quantitative estimate of drug-likeness (QED) is 0.259. The molecule has 16 nitrogen and oxygen atoms in total. The molecule has 2 aliphatic heterocycles. The first-order chi connectivity index (χ1) is 18.6. The molecule has 0 saturated carbocycles. The summed E-state index contributed by atoms with van der Waals surface area (Å²) in [6.07, 6.45) is -14.0. The smallest absolute Gasteiger partial charge is 0.303 e. The molecule has 0 aromatic heterocycles. The minimum absolute atomic E-state index is 0.542. The van der Waals surface area contributed by atoms with E-state index >= 15 is 0 Å². The van der Waals surface area contributed by atoms with Crippen LogP contribution in [0.1, 0.15) is 48.5 Å². The van der Waals surface area contributed by atoms with E-state index in [1.165, 1.54) is 6.92 Å². The number of aliphatic hydroxyl groups is 1. The molecule has 2 fully saturated rings. The fourth-order valence-corrected chi connectivity index (χ4v) is 4.30. The van der Waals surface area contributed by atoms with Gasteiger partial charge in [0.1, 0.15) is 6.10 Å². The number of carbonyl (C=O) groups is 6. The van der Waals surface area contributed by atoms with Crippen LogP contribution >= 0.6 is 0 Å². The Kier molecular flexibility index (Phi) is 11.8. The van der Waals surface area contributed by atoms with Crippen LogP contribution in [0.3, 0.4) is 0 Å². The molecule has 0 aliphatic carbocycles. The Morgan fingerprint density at radius 1 is 0.550 bits per heavy atom. The van der Waals surface area contributed by atoms with E-state index in [9.17, 15) is 33.9 Å². The first-order valence-corrected chi connectivity index (χ1v) is 12.2. The van der Waals surface area contributed by atoms with E-state index in [0.717, 1.165) is 41.5 Å². The van der Waals surface area contributed by atoms with Gasteiger partial charge in [-0.2, -0.15) is 0 Å². The molecule has 2 rings (SSSR count). The fourth-order valence-electron chi connectivity index (χ4n) is 4.30. The van der Waals surface area contributed by atoms with E-state index in [2.05, 4.69) is 0 Å². The third-order valence-corrected chi connectivity index (χ3v) is 5.57. The predicted octanol–water partition coefficient (Wildman–Crippen LogP) is -0.945. The van der Waals surface area contributed by atoms with Crippen molar-refractivity contribution in [2.45, 2.75) is 110 Å². The van der Waals surface area contributed by atoms with Crippen LogP contribution in [0.5, 0.6) is 0 Å². The summed E-state index contributed by atoms with van der Waals surface area (Å²) in [4.78, 5) is 70.7. The van der Waals surface area contributed by atoms with Crippen molar-refractivity contribution < 1.29 is 76.5 Å². The second-order valence-corrected chi connectivity index (χ2v) is 9.05. The van der Waals surface area contributed by atoms with Crippen LogP contribution in [0.25, 0.3) is 0 Å². The van der Waals surface area contributed by atoms with Crippen molar-refractivity contribution in [1.82, 2.24) is 0 Å². The summed E-state index contributed by atoms with van der Waals surface area (Å²) < 4.78 is 48.5. The molecule has 40 heavy (non-hydrogen) atoms. The molecule has 0 aromatic carbocycles. The van der Waals surface area contributed by atoms with Gasteiger partial charge in [0.05, 0.1) is 12.7 Å². The fraction of sp³-hybridized carbons (Fsp3) is 0.750. The van der Waals surface area contributed by atoms with E-state index in [1.54, 1.807) is 0 Å². The van der Waals surface area contributed by atoms with E-state index in [4.69, 9.17) is 42.6 Å². The molecule has 2 aliphatic rings. The normalized spacial score (nSPS) is 33.6. The Bertz CT molecular complexity index is 889. The number of esters is 6. The first-order valence-electron chi connectivity index (χ1n) is 12.2. The summed E-state index contributed by atoms with van der Waals surface area (Å²) in [5, 5.41) is 10.5. The van der Waals surface area contributed by atoms with Gasteiger partial charge >= 0.3 is 35.8 Å². The number of rotatable bonds is 9. The molecule has 0 amide bonds. The molecule has 0 spiro atoms. The first kappa shape index (κ1) is 32.9. The lowest BCUT2D eigenvalue weighted by Crippen LogP contribution is -2.64. The SMILES string of the molecule is CC(=O)OC1C(OC(C)=O)[C@H](C)OC(OCC2O[C@@H](O)C(OC(C)=O)[C@@H](OC(C)=O)[C@H]2OC(C)=O)[C@@H]1OC(C)=O. The molecule has 226 valence electrons. The average molecular weight is 579 g/mol. The number of ether oxygens (including phenoxy) is 9. The molecule has 1 N–H and O–H groups in total. The Morgan fingerprint density at radius 3 is 1.40 bits per heavy atom. The molecule has 0 radical (unpaired) electrons. The van der Waals surface area contributed by atoms with Gasteiger partial charge in [-0.25, -0.2) is 0 Å². The van der Waals surface area contributed by atoms with Crippen LogP contribution in [-0.4, -0.2) is 109 Å². The highest BCUT2D eigenvalue weighted by Crippen LogP contribution is 2.32. The van der Waals surface area contributed by atoms with Crippen LogP contribution < -0.4 is 0 Å². The highest BCUT2D eigenvalue weighted by molar-refractivity contribution is 5.69. The average Bonchev–Trinajstić information content (AvgIpc) is 2.79.